The first-order valence-electron chi connectivity index (χ1n) is 7.44. The zero-order valence-electron chi connectivity index (χ0n) is 12.6. The molecule has 1 aromatic heterocycles. The fourth-order valence-corrected chi connectivity index (χ4v) is 2.96. The molecule has 1 aliphatic rings. The number of benzene rings is 1. The molecular formula is C17H22N2O2. The molecule has 0 aliphatic carbocycles. The van der Waals surface area contributed by atoms with Gasteiger partial charge in [-0.3, -0.25) is 9.88 Å². The lowest BCUT2D eigenvalue weighted by Crippen LogP contribution is -2.53. The van der Waals surface area contributed by atoms with Gasteiger partial charge in [0, 0.05) is 35.8 Å². The highest BCUT2D eigenvalue weighted by atomic mass is 16.5. The van der Waals surface area contributed by atoms with E-state index in [1.54, 1.807) is 6.20 Å². The second-order valence-corrected chi connectivity index (χ2v) is 6.12. The Labute approximate surface area is 125 Å². The number of aromatic nitrogens is 1. The van der Waals surface area contributed by atoms with Crippen LogP contribution in [0.4, 0.5) is 0 Å². The summed E-state index contributed by atoms with van der Waals surface area (Å²) in [5, 5.41) is 11.9. The van der Waals surface area contributed by atoms with E-state index in [1.807, 2.05) is 30.3 Å². The van der Waals surface area contributed by atoms with Gasteiger partial charge in [0.1, 0.15) is 0 Å². The van der Waals surface area contributed by atoms with Gasteiger partial charge >= 0.3 is 0 Å². The number of pyridine rings is 1. The van der Waals surface area contributed by atoms with E-state index >= 15 is 0 Å². The number of ether oxygens (including phenoxy) is 1. The lowest BCUT2D eigenvalue weighted by Gasteiger charge is -2.43. The van der Waals surface area contributed by atoms with Crippen LogP contribution in [0, 0.1) is 0 Å². The van der Waals surface area contributed by atoms with Crippen molar-refractivity contribution in [1.82, 2.24) is 9.88 Å². The summed E-state index contributed by atoms with van der Waals surface area (Å²) in [6, 6.07) is 10.0. The van der Waals surface area contributed by atoms with Gasteiger partial charge in [-0.25, -0.2) is 0 Å². The van der Waals surface area contributed by atoms with Crippen LogP contribution < -0.4 is 0 Å². The summed E-state index contributed by atoms with van der Waals surface area (Å²) in [7, 11) is 0. The highest BCUT2D eigenvalue weighted by Crippen LogP contribution is 2.32. The topological polar surface area (TPSA) is 45.6 Å². The van der Waals surface area contributed by atoms with Crippen LogP contribution in [0.2, 0.25) is 0 Å². The standard InChI is InChI=1S/C17H22N2O2/c1-17(2,19-7-9-21-10-8-19)16(20)14-11-13-5-3-4-6-15(13)18-12-14/h3-6,11-12,16,20H,7-10H2,1-2H3. The quantitative estimate of drug-likeness (QED) is 0.941. The predicted molar refractivity (Wildman–Crippen MR) is 83.2 cm³/mol. The molecule has 3 rings (SSSR count). The molecule has 21 heavy (non-hydrogen) atoms. The average molecular weight is 286 g/mol. The Morgan fingerprint density at radius 3 is 2.71 bits per heavy atom. The number of fused-ring (bicyclic) bond motifs is 1. The summed E-state index contributed by atoms with van der Waals surface area (Å²) in [4.78, 5) is 6.75. The van der Waals surface area contributed by atoms with Crippen LogP contribution in [0.3, 0.4) is 0 Å². The maximum atomic E-state index is 10.8. The summed E-state index contributed by atoms with van der Waals surface area (Å²) in [6.45, 7) is 7.32. The summed E-state index contributed by atoms with van der Waals surface area (Å²) in [6.07, 6.45) is 1.21. The van der Waals surface area contributed by atoms with Gasteiger partial charge in [-0.05, 0) is 26.0 Å². The van der Waals surface area contributed by atoms with Crippen molar-refractivity contribution in [2.45, 2.75) is 25.5 Å². The molecule has 1 fully saturated rings. The Bertz CT molecular complexity index is 621. The van der Waals surface area contributed by atoms with Gasteiger partial charge in [0.25, 0.3) is 0 Å². The minimum absolute atomic E-state index is 0.339. The number of morpholine rings is 1. The van der Waals surface area contributed by atoms with Crippen molar-refractivity contribution < 1.29 is 9.84 Å². The molecule has 0 radical (unpaired) electrons. The van der Waals surface area contributed by atoms with Crippen LogP contribution >= 0.6 is 0 Å². The highest BCUT2D eigenvalue weighted by Gasteiger charge is 2.36. The van der Waals surface area contributed by atoms with Crippen LogP contribution in [-0.2, 0) is 4.74 Å². The van der Waals surface area contributed by atoms with E-state index in [-0.39, 0.29) is 5.54 Å². The predicted octanol–water partition coefficient (Wildman–Crippen LogP) is 2.38. The van der Waals surface area contributed by atoms with Crippen molar-refractivity contribution in [2.75, 3.05) is 26.3 Å². The molecule has 4 nitrogen and oxygen atoms in total. The molecule has 1 N–H and O–H groups in total. The zero-order valence-corrected chi connectivity index (χ0v) is 12.6. The van der Waals surface area contributed by atoms with Crippen molar-refractivity contribution in [3.63, 3.8) is 0 Å². The zero-order chi connectivity index (χ0) is 14.9. The maximum Gasteiger partial charge on any atom is 0.0983 e. The third kappa shape index (κ3) is 2.79. The molecule has 1 saturated heterocycles. The summed E-state index contributed by atoms with van der Waals surface area (Å²) in [5.41, 5.74) is 1.48. The van der Waals surface area contributed by atoms with E-state index < -0.39 is 6.10 Å². The Balaban J connectivity index is 1.89. The molecule has 1 unspecified atom stereocenters. The first-order chi connectivity index (χ1) is 10.1. The van der Waals surface area contributed by atoms with Gasteiger partial charge < -0.3 is 9.84 Å². The first kappa shape index (κ1) is 14.4. The molecule has 112 valence electrons. The van der Waals surface area contributed by atoms with Crippen molar-refractivity contribution in [3.05, 3.63) is 42.1 Å². The second kappa shape index (κ2) is 5.72. The van der Waals surface area contributed by atoms with Crippen molar-refractivity contribution in [3.8, 4) is 0 Å². The third-order valence-electron chi connectivity index (χ3n) is 4.42. The van der Waals surface area contributed by atoms with E-state index in [1.165, 1.54) is 0 Å². The minimum Gasteiger partial charge on any atom is -0.386 e. The number of para-hydroxylation sites is 1. The average Bonchev–Trinajstić information content (AvgIpc) is 2.54. The largest absolute Gasteiger partial charge is 0.386 e. The van der Waals surface area contributed by atoms with E-state index in [4.69, 9.17) is 4.74 Å². The van der Waals surface area contributed by atoms with E-state index in [0.717, 1.165) is 42.8 Å². The fourth-order valence-electron chi connectivity index (χ4n) is 2.96. The second-order valence-electron chi connectivity index (χ2n) is 6.12. The number of aliphatic hydroxyl groups is 1. The molecule has 2 aromatic rings. The summed E-state index contributed by atoms with van der Waals surface area (Å²) < 4.78 is 5.40. The van der Waals surface area contributed by atoms with Gasteiger partial charge in [0.2, 0.25) is 0 Å². The Hall–Kier alpha value is -1.49. The molecule has 1 aromatic carbocycles. The first-order valence-corrected chi connectivity index (χ1v) is 7.44. The molecule has 0 bridgehead atoms. The summed E-state index contributed by atoms with van der Waals surface area (Å²) >= 11 is 0. The lowest BCUT2D eigenvalue weighted by atomic mass is 9.89. The smallest absolute Gasteiger partial charge is 0.0983 e. The molecule has 0 spiro atoms. The monoisotopic (exact) mass is 286 g/mol. The van der Waals surface area contributed by atoms with Crippen molar-refractivity contribution >= 4 is 10.9 Å². The molecular weight excluding hydrogens is 264 g/mol. The molecule has 4 heteroatoms. The van der Waals surface area contributed by atoms with Gasteiger partial charge in [0.05, 0.1) is 24.8 Å². The highest BCUT2D eigenvalue weighted by molar-refractivity contribution is 5.78. The Kier molecular flexibility index (Phi) is 3.93. The number of aliphatic hydroxyl groups excluding tert-OH is 1. The minimum atomic E-state index is -0.576. The Morgan fingerprint density at radius 2 is 1.95 bits per heavy atom. The van der Waals surface area contributed by atoms with Crippen LogP contribution in [0.15, 0.2) is 36.5 Å². The van der Waals surface area contributed by atoms with Crippen molar-refractivity contribution in [2.24, 2.45) is 0 Å². The van der Waals surface area contributed by atoms with Crippen LogP contribution in [0.25, 0.3) is 10.9 Å². The molecule has 0 saturated carbocycles. The molecule has 2 heterocycles. The number of hydrogen-bond donors (Lipinski definition) is 1. The number of hydrogen-bond acceptors (Lipinski definition) is 4. The van der Waals surface area contributed by atoms with Crippen LogP contribution in [-0.4, -0.2) is 46.8 Å². The maximum absolute atomic E-state index is 10.8. The normalized spacial score (nSPS) is 18.8. The molecule has 1 aliphatic heterocycles. The van der Waals surface area contributed by atoms with Gasteiger partial charge in [0.15, 0.2) is 0 Å². The number of rotatable bonds is 3. The van der Waals surface area contributed by atoms with E-state index in [2.05, 4.69) is 23.7 Å². The molecule has 1 atom stereocenters. The fraction of sp³-hybridized carbons (Fsp3) is 0.471. The van der Waals surface area contributed by atoms with Gasteiger partial charge in [-0.1, -0.05) is 18.2 Å². The third-order valence-corrected chi connectivity index (χ3v) is 4.42. The van der Waals surface area contributed by atoms with Crippen LogP contribution in [0.5, 0.6) is 0 Å². The molecule has 0 amide bonds. The van der Waals surface area contributed by atoms with Crippen LogP contribution in [0.1, 0.15) is 25.5 Å². The van der Waals surface area contributed by atoms with E-state index in [9.17, 15) is 5.11 Å². The number of nitrogens with zero attached hydrogens (tertiary/aromatic N) is 2. The lowest BCUT2D eigenvalue weighted by molar-refractivity contribution is -0.0630. The van der Waals surface area contributed by atoms with Gasteiger partial charge in [-0.15, -0.1) is 0 Å². The Morgan fingerprint density at radius 1 is 1.24 bits per heavy atom. The SMILES string of the molecule is CC(C)(C(O)c1cnc2ccccc2c1)N1CCOCC1. The summed E-state index contributed by atoms with van der Waals surface area (Å²) in [5.74, 6) is 0. The van der Waals surface area contributed by atoms with Gasteiger partial charge in [-0.2, -0.15) is 0 Å². The van der Waals surface area contributed by atoms with E-state index in [0.29, 0.717) is 0 Å². The van der Waals surface area contributed by atoms with Crippen molar-refractivity contribution in [1.29, 1.82) is 0 Å².